The van der Waals surface area contributed by atoms with Gasteiger partial charge in [-0.1, -0.05) is 28.1 Å². The zero-order chi connectivity index (χ0) is 14.0. The van der Waals surface area contributed by atoms with E-state index in [0.29, 0.717) is 6.42 Å². The van der Waals surface area contributed by atoms with Gasteiger partial charge in [-0.15, -0.1) is 0 Å². The predicted octanol–water partition coefficient (Wildman–Crippen LogP) is 2.55. The molecule has 2 rings (SSSR count). The summed E-state index contributed by atoms with van der Waals surface area (Å²) in [6.07, 6.45) is 0.455. The van der Waals surface area contributed by atoms with E-state index in [2.05, 4.69) is 27.3 Å². The molecule has 4 nitrogen and oxygen atoms in total. The summed E-state index contributed by atoms with van der Waals surface area (Å²) >= 11 is 3.39. The van der Waals surface area contributed by atoms with Crippen molar-refractivity contribution in [2.75, 3.05) is 7.11 Å². The van der Waals surface area contributed by atoms with E-state index in [0.717, 1.165) is 10.0 Å². The average Bonchev–Trinajstić information content (AvgIpc) is 2.78. The van der Waals surface area contributed by atoms with E-state index in [1.165, 1.54) is 7.11 Å². The van der Waals surface area contributed by atoms with E-state index in [1.807, 2.05) is 31.2 Å². The van der Waals surface area contributed by atoms with Gasteiger partial charge in [-0.25, -0.2) is 0 Å². The molecule has 1 aliphatic rings. The number of carbonyl (C=O) groups is 1. The third kappa shape index (κ3) is 2.65. The Hall–Kier alpha value is -1.38. The zero-order valence-electron chi connectivity index (χ0n) is 10.8. The van der Waals surface area contributed by atoms with E-state index in [1.54, 1.807) is 0 Å². The largest absolute Gasteiger partial charge is 0.468 e. The summed E-state index contributed by atoms with van der Waals surface area (Å²) in [4.78, 5) is 11.6. The van der Waals surface area contributed by atoms with Crippen LogP contribution in [0.15, 0.2) is 28.7 Å². The number of hydrogen-bond donors (Lipinski definition) is 1. The molecule has 0 aliphatic carbocycles. The minimum atomic E-state index is -0.618. The molecule has 1 saturated heterocycles. The monoisotopic (exact) mass is 322 g/mol. The van der Waals surface area contributed by atoms with Crippen LogP contribution >= 0.6 is 15.9 Å². The molecule has 5 heteroatoms. The van der Waals surface area contributed by atoms with E-state index >= 15 is 0 Å². The van der Waals surface area contributed by atoms with Gasteiger partial charge in [0.15, 0.2) is 0 Å². The van der Waals surface area contributed by atoms with Crippen molar-refractivity contribution >= 4 is 21.9 Å². The van der Waals surface area contributed by atoms with Gasteiger partial charge in [-0.2, -0.15) is 5.26 Å². The maximum Gasteiger partial charge on any atom is 0.322 e. The number of nitrogens with one attached hydrogen (secondary N) is 1. The van der Waals surface area contributed by atoms with Gasteiger partial charge < -0.3 is 4.74 Å². The summed E-state index contributed by atoms with van der Waals surface area (Å²) < 4.78 is 5.74. The Labute approximate surface area is 120 Å². The number of hydrogen-bond acceptors (Lipinski definition) is 4. The summed E-state index contributed by atoms with van der Waals surface area (Å²) in [6.45, 7) is 1.87. The number of halogens is 1. The van der Waals surface area contributed by atoms with Crippen molar-refractivity contribution in [2.45, 2.75) is 25.4 Å². The lowest BCUT2D eigenvalue weighted by Gasteiger charge is -2.23. The van der Waals surface area contributed by atoms with Crippen molar-refractivity contribution in [1.82, 2.24) is 5.32 Å². The normalized spacial score (nSPS) is 29.8. The summed E-state index contributed by atoms with van der Waals surface area (Å²) in [7, 11) is 1.36. The molecule has 1 aromatic carbocycles. The van der Waals surface area contributed by atoms with Gasteiger partial charge >= 0.3 is 5.97 Å². The number of carbonyl (C=O) groups excluding carboxylic acids is 1. The molecule has 1 heterocycles. The number of esters is 1. The number of rotatable bonds is 2. The average molecular weight is 323 g/mol. The summed E-state index contributed by atoms with van der Waals surface area (Å²) in [5.41, 5.74) is 0.380. The lowest BCUT2D eigenvalue weighted by molar-refractivity contribution is -0.142. The minimum absolute atomic E-state index is 0.172. The minimum Gasteiger partial charge on any atom is -0.468 e. The SMILES string of the molecule is COC(=O)[C@@H]1C[C@](C)(C#N)[C@H](c2ccc(Br)cc2)N1. The smallest absolute Gasteiger partial charge is 0.322 e. The fourth-order valence-electron chi connectivity index (χ4n) is 2.51. The van der Waals surface area contributed by atoms with Crippen LogP contribution in [0.1, 0.15) is 24.9 Å². The number of nitriles is 1. The van der Waals surface area contributed by atoms with Crippen LogP contribution in [0, 0.1) is 16.7 Å². The van der Waals surface area contributed by atoms with Gasteiger partial charge in [0, 0.05) is 4.47 Å². The molecule has 100 valence electrons. The molecule has 1 N–H and O–H groups in total. The first kappa shape index (κ1) is 14.0. The summed E-state index contributed by atoms with van der Waals surface area (Å²) in [5, 5.41) is 12.6. The third-order valence-electron chi connectivity index (χ3n) is 3.58. The van der Waals surface area contributed by atoms with Crippen molar-refractivity contribution in [2.24, 2.45) is 5.41 Å². The van der Waals surface area contributed by atoms with E-state index in [9.17, 15) is 10.1 Å². The van der Waals surface area contributed by atoms with Crippen LogP contribution in [-0.2, 0) is 9.53 Å². The fraction of sp³-hybridized carbons (Fsp3) is 0.429. The molecule has 0 radical (unpaired) electrons. The molecule has 0 unspecified atom stereocenters. The molecule has 19 heavy (non-hydrogen) atoms. The molecule has 1 aromatic rings. The van der Waals surface area contributed by atoms with Crippen molar-refractivity contribution in [3.8, 4) is 6.07 Å². The fourth-order valence-corrected chi connectivity index (χ4v) is 2.77. The van der Waals surface area contributed by atoms with Crippen LogP contribution in [0.3, 0.4) is 0 Å². The molecule has 0 bridgehead atoms. The predicted molar refractivity (Wildman–Crippen MR) is 74.2 cm³/mol. The first-order chi connectivity index (χ1) is 9.00. The molecule has 0 saturated carbocycles. The third-order valence-corrected chi connectivity index (χ3v) is 4.11. The van der Waals surface area contributed by atoms with E-state index < -0.39 is 11.5 Å². The van der Waals surface area contributed by atoms with Gasteiger partial charge in [0.25, 0.3) is 0 Å². The molecule has 1 fully saturated rings. The van der Waals surface area contributed by atoms with Gasteiger partial charge in [-0.3, -0.25) is 10.1 Å². The van der Waals surface area contributed by atoms with Crippen molar-refractivity contribution in [3.63, 3.8) is 0 Å². The molecular formula is C14H15BrN2O2. The van der Waals surface area contributed by atoms with Crippen LogP contribution < -0.4 is 5.32 Å². The number of nitrogens with zero attached hydrogens (tertiary/aromatic N) is 1. The first-order valence-electron chi connectivity index (χ1n) is 6.01. The van der Waals surface area contributed by atoms with E-state index in [4.69, 9.17) is 4.74 Å². The standard InChI is InChI=1S/C14H15BrN2O2/c1-14(8-16)7-11(13(18)19-2)17-12(14)9-3-5-10(15)6-4-9/h3-6,11-12,17H,7H2,1-2H3/t11-,12-,14+/m0/s1. The Morgan fingerprint density at radius 2 is 2.16 bits per heavy atom. The van der Waals surface area contributed by atoms with Crippen LogP contribution in [0.25, 0.3) is 0 Å². The van der Waals surface area contributed by atoms with Crippen LogP contribution in [0.5, 0.6) is 0 Å². The Morgan fingerprint density at radius 1 is 1.53 bits per heavy atom. The Kier molecular flexibility index (Phi) is 3.93. The second-order valence-electron chi connectivity index (χ2n) is 4.96. The highest BCUT2D eigenvalue weighted by Crippen LogP contribution is 2.43. The zero-order valence-corrected chi connectivity index (χ0v) is 12.4. The van der Waals surface area contributed by atoms with Crippen molar-refractivity contribution in [1.29, 1.82) is 5.26 Å². The number of ether oxygens (including phenoxy) is 1. The second kappa shape index (κ2) is 5.32. The number of benzene rings is 1. The molecule has 0 spiro atoms. The maximum atomic E-state index is 11.6. The lowest BCUT2D eigenvalue weighted by atomic mass is 9.80. The summed E-state index contributed by atoms with van der Waals surface area (Å²) in [6, 6.07) is 9.50. The van der Waals surface area contributed by atoms with Crippen LogP contribution in [0.2, 0.25) is 0 Å². The van der Waals surface area contributed by atoms with E-state index in [-0.39, 0.29) is 12.0 Å². The molecule has 1 aliphatic heterocycles. The first-order valence-corrected chi connectivity index (χ1v) is 6.80. The van der Waals surface area contributed by atoms with Crippen LogP contribution in [0.4, 0.5) is 0 Å². The highest BCUT2D eigenvalue weighted by molar-refractivity contribution is 9.10. The van der Waals surface area contributed by atoms with Gasteiger partial charge in [-0.05, 0) is 31.0 Å². The van der Waals surface area contributed by atoms with Gasteiger partial charge in [0.2, 0.25) is 0 Å². The number of methoxy groups -OCH3 is 1. The maximum absolute atomic E-state index is 11.6. The molecule has 0 amide bonds. The highest BCUT2D eigenvalue weighted by Gasteiger charge is 2.47. The topological polar surface area (TPSA) is 62.1 Å². The van der Waals surface area contributed by atoms with Crippen molar-refractivity contribution < 1.29 is 9.53 Å². The molecular weight excluding hydrogens is 308 g/mol. The summed E-state index contributed by atoms with van der Waals surface area (Å²) in [5.74, 6) is -0.318. The highest BCUT2D eigenvalue weighted by atomic mass is 79.9. The van der Waals surface area contributed by atoms with Gasteiger partial charge in [0.1, 0.15) is 6.04 Å². The molecule has 0 aromatic heterocycles. The lowest BCUT2D eigenvalue weighted by Crippen LogP contribution is -2.33. The quantitative estimate of drug-likeness (QED) is 0.850. The molecule has 3 atom stereocenters. The Balaban J connectivity index is 2.31. The second-order valence-corrected chi connectivity index (χ2v) is 5.88. The van der Waals surface area contributed by atoms with Crippen molar-refractivity contribution in [3.05, 3.63) is 34.3 Å². The van der Waals surface area contributed by atoms with Gasteiger partial charge in [0.05, 0.1) is 24.6 Å². The Bertz CT molecular complexity index is 523. The Morgan fingerprint density at radius 3 is 2.68 bits per heavy atom. The van der Waals surface area contributed by atoms with Crippen LogP contribution in [-0.4, -0.2) is 19.1 Å².